The topological polar surface area (TPSA) is 84.0 Å². The molecule has 35 heavy (non-hydrogen) atoms. The maximum atomic E-state index is 11.6. The Kier molecular flexibility index (Phi) is 11.3. The highest BCUT2D eigenvalue weighted by atomic mass is 79.9. The largest absolute Gasteiger partial charge is 0.349 e. The van der Waals surface area contributed by atoms with Crippen molar-refractivity contribution in [3.05, 3.63) is 56.0 Å². The zero-order valence-corrected chi connectivity index (χ0v) is 23.5. The van der Waals surface area contributed by atoms with Gasteiger partial charge in [0, 0.05) is 46.6 Å². The van der Waals surface area contributed by atoms with Crippen molar-refractivity contribution >= 4 is 43.7 Å². The van der Waals surface area contributed by atoms with Gasteiger partial charge in [0.15, 0.2) is 0 Å². The molecular weight excluding hydrogens is 572 g/mol. The average molecular weight is 610 g/mol. The predicted molar refractivity (Wildman–Crippen MR) is 148 cm³/mol. The fourth-order valence-corrected chi connectivity index (χ4v) is 5.79. The molecular formula is C27H38Br2N4O2. The highest BCUT2D eigenvalue weighted by Gasteiger charge is 2.30. The normalized spacial score (nSPS) is 22.3. The van der Waals surface area contributed by atoms with Crippen LogP contribution in [0.2, 0.25) is 0 Å². The molecule has 4 atom stereocenters. The van der Waals surface area contributed by atoms with Crippen molar-refractivity contribution < 1.29 is 9.59 Å². The van der Waals surface area contributed by atoms with Crippen molar-refractivity contribution in [1.82, 2.24) is 20.6 Å². The number of nitrogens with zero attached hydrogens (tertiary/aromatic N) is 2. The van der Waals surface area contributed by atoms with Gasteiger partial charge in [-0.15, -0.1) is 0 Å². The van der Waals surface area contributed by atoms with Gasteiger partial charge in [-0.05, 0) is 91.6 Å². The van der Waals surface area contributed by atoms with E-state index in [1.54, 1.807) is 0 Å². The summed E-state index contributed by atoms with van der Waals surface area (Å²) in [7, 11) is 0. The Morgan fingerprint density at radius 3 is 1.51 bits per heavy atom. The molecule has 2 heterocycles. The summed E-state index contributed by atoms with van der Waals surface area (Å²) in [6.07, 6.45) is 12.8. The number of aromatic nitrogens is 2. The Morgan fingerprint density at radius 1 is 0.800 bits per heavy atom. The smallest absolute Gasteiger partial charge is 0.220 e. The van der Waals surface area contributed by atoms with Crippen LogP contribution < -0.4 is 10.6 Å². The van der Waals surface area contributed by atoms with Crippen molar-refractivity contribution in [2.24, 2.45) is 11.8 Å². The lowest BCUT2D eigenvalue weighted by Crippen LogP contribution is -2.35. The minimum absolute atomic E-state index is 0. The van der Waals surface area contributed by atoms with Crippen molar-refractivity contribution in [2.45, 2.75) is 85.7 Å². The molecule has 0 aliphatic heterocycles. The number of carbonyl (C=O) groups excluding carboxylic acids is 2. The zero-order valence-electron chi connectivity index (χ0n) is 20.3. The number of hydrogen-bond acceptors (Lipinski definition) is 4. The van der Waals surface area contributed by atoms with Crippen LogP contribution in [0.5, 0.6) is 0 Å². The Hall–Kier alpha value is -1.80. The summed E-state index contributed by atoms with van der Waals surface area (Å²) in [5.74, 6) is 1.15. The van der Waals surface area contributed by atoms with Crippen molar-refractivity contribution in [3.63, 3.8) is 0 Å². The van der Waals surface area contributed by atoms with E-state index in [1.165, 1.54) is 22.3 Å². The molecule has 0 spiro atoms. The average Bonchev–Trinajstić information content (AvgIpc) is 2.83. The Labute approximate surface area is 226 Å². The second-order valence-electron chi connectivity index (χ2n) is 9.21. The Balaban J connectivity index is 0.000000240. The fourth-order valence-electron chi connectivity index (χ4n) is 4.70. The van der Waals surface area contributed by atoms with E-state index in [4.69, 9.17) is 0 Å². The van der Waals surface area contributed by atoms with Crippen LogP contribution in [0.1, 0.15) is 95.1 Å². The minimum atomic E-state index is 0. The lowest BCUT2D eigenvalue weighted by atomic mass is 9.81. The molecule has 8 heteroatoms. The molecule has 0 aromatic carbocycles. The van der Waals surface area contributed by atoms with Crippen molar-refractivity contribution in [1.29, 1.82) is 0 Å². The predicted octanol–water partition coefficient (Wildman–Crippen LogP) is 6.62. The number of halogens is 2. The molecule has 2 N–H and O–H groups in total. The number of nitrogens with one attached hydrogen (secondary N) is 2. The maximum absolute atomic E-state index is 11.6. The third-order valence-corrected chi connectivity index (χ3v) is 8.23. The lowest BCUT2D eigenvalue weighted by molar-refractivity contribution is -0.122. The first-order chi connectivity index (χ1) is 16.3. The number of hydrogen-bond donors (Lipinski definition) is 2. The molecule has 0 saturated carbocycles. The fraction of sp³-hybridized carbons (Fsp3) is 0.556. The molecule has 2 amide bonds. The Morgan fingerprint density at radius 2 is 1.17 bits per heavy atom. The Bertz CT molecular complexity index is 949. The van der Waals surface area contributed by atoms with Gasteiger partial charge in [0.05, 0.1) is 12.1 Å². The monoisotopic (exact) mass is 608 g/mol. The molecule has 192 valence electrons. The van der Waals surface area contributed by atoms with Crippen LogP contribution in [0, 0.1) is 11.8 Å². The molecule has 2 aromatic rings. The number of pyridine rings is 2. The van der Waals surface area contributed by atoms with E-state index < -0.39 is 0 Å². The molecule has 2 aliphatic rings. The SMILES string of the molecule is C.CCC(=O)N[C@@H]1c2cncc(Br)c2CC[C@@H]1C.CCC(=O)N[C@H]1c2cncc(Br)c2CC[C@H]1C. The molecule has 0 fully saturated rings. The minimum Gasteiger partial charge on any atom is -0.349 e. The molecule has 0 saturated heterocycles. The molecule has 0 bridgehead atoms. The first kappa shape index (κ1) is 29.4. The second-order valence-corrected chi connectivity index (χ2v) is 10.9. The van der Waals surface area contributed by atoms with Gasteiger partial charge >= 0.3 is 0 Å². The van der Waals surface area contributed by atoms with E-state index >= 15 is 0 Å². The number of fused-ring (bicyclic) bond motifs is 2. The molecule has 2 aliphatic carbocycles. The third kappa shape index (κ3) is 7.13. The maximum Gasteiger partial charge on any atom is 0.220 e. The van der Waals surface area contributed by atoms with Crippen LogP contribution in [0.15, 0.2) is 33.7 Å². The number of amides is 2. The van der Waals surface area contributed by atoms with Crippen LogP contribution in [0.3, 0.4) is 0 Å². The summed E-state index contributed by atoms with van der Waals surface area (Å²) in [4.78, 5) is 31.6. The van der Waals surface area contributed by atoms with Crippen LogP contribution in [0.4, 0.5) is 0 Å². The highest BCUT2D eigenvalue weighted by Crippen LogP contribution is 2.38. The van der Waals surface area contributed by atoms with Gasteiger partial charge in [-0.25, -0.2) is 0 Å². The van der Waals surface area contributed by atoms with E-state index in [-0.39, 0.29) is 31.3 Å². The van der Waals surface area contributed by atoms with Crippen LogP contribution in [0.25, 0.3) is 0 Å². The number of carbonyl (C=O) groups is 2. The van der Waals surface area contributed by atoms with E-state index in [0.29, 0.717) is 24.7 Å². The quantitative estimate of drug-likeness (QED) is 0.408. The van der Waals surface area contributed by atoms with Crippen LogP contribution in [-0.2, 0) is 22.4 Å². The third-order valence-electron chi connectivity index (χ3n) is 6.86. The van der Waals surface area contributed by atoms with Crippen molar-refractivity contribution in [3.8, 4) is 0 Å². The van der Waals surface area contributed by atoms with E-state index in [2.05, 4.69) is 66.3 Å². The summed E-state index contributed by atoms with van der Waals surface area (Å²) in [5.41, 5.74) is 4.92. The van der Waals surface area contributed by atoms with Gasteiger partial charge in [0.25, 0.3) is 0 Å². The first-order valence-electron chi connectivity index (χ1n) is 12.1. The standard InChI is InChI=1S/2C13H17BrN2O.CH4/c2*1-3-12(17)16-13-8(2)4-5-9-10(13)6-15-7-11(9)14;/h2*6-8,13H,3-5H2,1-2H3,(H,16,17);1H4/t2*8-,13-;/m10./s1. The van der Waals surface area contributed by atoms with Gasteiger partial charge in [0.2, 0.25) is 11.8 Å². The van der Waals surface area contributed by atoms with Gasteiger partial charge in [-0.2, -0.15) is 0 Å². The summed E-state index contributed by atoms with van der Waals surface area (Å²) < 4.78 is 2.11. The van der Waals surface area contributed by atoms with Crippen LogP contribution >= 0.6 is 31.9 Å². The summed E-state index contributed by atoms with van der Waals surface area (Å²) in [6, 6.07) is 0.215. The molecule has 0 radical (unpaired) electrons. The van der Waals surface area contributed by atoms with E-state index in [1.807, 2.05) is 38.6 Å². The zero-order chi connectivity index (χ0) is 24.8. The highest BCUT2D eigenvalue weighted by molar-refractivity contribution is 9.10. The van der Waals surface area contributed by atoms with Gasteiger partial charge in [-0.3, -0.25) is 19.6 Å². The first-order valence-corrected chi connectivity index (χ1v) is 13.7. The summed E-state index contributed by atoms with van der Waals surface area (Å²) in [5, 5.41) is 6.20. The summed E-state index contributed by atoms with van der Waals surface area (Å²) in [6.45, 7) is 8.13. The van der Waals surface area contributed by atoms with Gasteiger partial charge in [-0.1, -0.05) is 35.1 Å². The second kappa shape index (κ2) is 13.5. The van der Waals surface area contributed by atoms with Crippen molar-refractivity contribution in [2.75, 3.05) is 0 Å². The van der Waals surface area contributed by atoms with E-state index in [0.717, 1.165) is 34.6 Å². The molecule has 0 unspecified atom stereocenters. The molecule has 6 nitrogen and oxygen atoms in total. The van der Waals surface area contributed by atoms with Gasteiger partial charge in [0.1, 0.15) is 0 Å². The molecule has 2 aromatic heterocycles. The van der Waals surface area contributed by atoms with Crippen LogP contribution in [-0.4, -0.2) is 21.8 Å². The lowest BCUT2D eigenvalue weighted by Gasteiger charge is -2.32. The van der Waals surface area contributed by atoms with Gasteiger partial charge < -0.3 is 10.6 Å². The summed E-state index contributed by atoms with van der Waals surface area (Å²) >= 11 is 7.08. The number of rotatable bonds is 4. The molecule has 4 rings (SSSR count). The van der Waals surface area contributed by atoms with E-state index in [9.17, 15) is 9.59 Å².